The summed E-state index contributed by atoms with van der Waals surface area (Å²) in [4.78, 5) is 0. The van der Waals surface area contributed by atoms with Crippen LogP contribution in [0.1, 0.15) is 30.6 Å². The first-order chi connectivity index (χ1) is 9.58. The first-order valence-corrected chi connectivity index (χ1v) is 6.76. The van der Waals surface area contributed by atoms with Gasteiger partial charge in [0.2, 0.25) is 0 Å². The summed E-state index contributed by atoms with van der Waals surface area (Å²) in [5, 5.41) is 4.67. The average molecular weight is 298 g/mol. The molecule has 20 heavy (non-hydrogen) atoms. The standard InChI is InChI=1S/C14H17ClFN3O/c1-3-6-19-14(12(20-2)8-18-19)13(17)10-7-9(15)4-5-11(10)16/h4-5,7-8,13H,3,6,17H2,1-2H3. The number of rotatable bonds is 5. The van der Waals surface area contributed by atoms with E-state index in [0.29, 0.717) is 28.6 Å². The topological polar surface area (TPSA) is 53.1 Å². The third-order valence-electron chi connectivity index (χ3n) is 3.09. The third-order valence-corrected chi connectivity index (χ3v) is 3.32. The lowest BCUT2D eigenvalue weighted by molar-refractivity contribution is 0.403. The Kier molecular flexibility index (Phi) is 4.62. The van der Waals surface area contributed by atoms with Crippen LogP contribution < -0.4 is 10.5 Å². The van der Waals surface area contributed by atoms with Crippen molar-refractivity contribution in [1.29, 1.82) is 0 Å². The minimum atomic E-state index is -0.683. The second-order valence-corrected chi connectivity index (χ2v) is 4.90. The Morgan fingerprint density at radius 3 is 2.90 bits per heavy atom. The summed E-state index contributed by atoms with van der Waals surface area (Å²) in [7, 11) is 1.54. The molecule has 2 aromatic rings. The van der Waals surface area contributed by atoms with E-state index >= 15 is 0 Å². The fraction of sp³-hybridized carbons (Fsp3) is 0.357. The van der Waals surface area contributed by atoms with Crippen LogP contribution in [-0.4, -0.2) is 16.9 Å². The molecule has 4 nitrogen and oxygen atoms in total. The molecule has 0 amide bonds. The summed E-state index contributed by atoms with van der Waals surface area (Å²) in [5.41, 5.74) is 7.17. The van der Waals surface area contributed by atoms with E-state index in [0.717, 1.165) is 6.42 Å². The van der Waals surface area contributed by atoms with Crippen molar-refractivity contribution in [2.24, 2.45) is 5.73 Å². The van der Waals surface area contributed by atoms with E-state index in [1.54, 1.807) is 10.9 Å². The largest absolute Gasteiger partial charge is 0.493 e. The number of nitrogens with two attached hydrogens (primary N) is 1. The highest BCUT2D eigenvalue weighted by atomic mass is 35.5. The molecule has 1 aromatic carbocycles. The number of hydrogen-bond donors (Lipinski definition) is 1. The summed E-state index contributed by atoms with van der Waals surface area (Å²) in [6, 6.07) is 3.65. The fourth-order valence-corrected chi connectivity index (χ4v) is 2.32. The zero-order valence-corrected chi connectivity index (χ0v) is 12.2. The summed E-state index contributed by atoms with van der Waals surface area (Å²) < 4.78 is 21.0. The Balaban J connectivity index is 2.48. The molecular weight excluding hydrogens is 281 g/mol. The highest BCUT2D eigenvalue weighted by Crippen LogP contribution is 2.31. The number of nitrogens with zero attached hydrogens (tertiary/aromatic N) is 2. The number of methoxy groups -OCH3 is 1. The summed E-state index contributed by atoms with van der Waals surface area (Å²) >= 11 is 5.92. The van der Waals surface area contributed by atoms with Crippen molar-refractivity contribution in [3.05, 3.63) is 46.5 Å². The van der Waals surface area contributed by atoms with E-state index in [-0.39, 0.29) is 0 Å². The summed E-state index contributed by atoms with van der Waals surface area (Å²) in [6.45, 7) is 2.72. The van der Waals surface area contributed by atoms with Gasteiger partial charge in [0.15, 0.2) is 5.75 Å². The van der Waals surface area contributed by atoms with E-state index in [2.05, 4.69) is 5.10 Å². The highest BCUT2D eigenvalue weighted by Gasteiger charge is 2.22. The van der Waals surface area contributed by atoms with E-state index < -0.39 is 11.9 Å². The predicted molar refractivity (Wildman–Crippen MR) is 76.5 cm³/mol. The van der Waals surface area contributed by atoms with Gasteiger partial charge in [-0.2, -0.15) is 5.10 Å². The SMILES string of the molecule is CCCn1ncc(OC)c1C(N)c1cc(Cl)ccc1F. The molecule has 1 aromatic heterocycles. The molecular formula is C14H17ClFN3O. The predicted octanol–water partition coefficient (Wildman–Crippen LogP) is 3.14. The molecule has 0 radical (unpaired) electrons. The molecule has 0 aliphatic rings. The smallest absolute Gasteiger partial charge is 0.161 e. The average Bonchev–Trinajstić information content (AvgIpc) is 2.84. The molecule has 6 heteroatoms. The number of benzene rings is 1. The van der Waals surface area contributed by atoms with Crippen LogP contribution in [0.4, 0.5) is 4.39 Å². The molecule has 0 fully saturated rings. The quantitative estimate of drug-likeness (QED) is 0.922. The van der Waals surface area contributed by atoms with Gasteiger partial charge in [0.25, 0.3) is 0 Å². The fourth-order valence-electron chi connectivity index (χ4n) is 2.14. The third kappa shape index (κ3) is 2.78. The maximum absolute atomic E-state index is 14.0. The molecule has 1 atom stereocenters. The molecule has 2 rings (SSSR count). The Bertz CT molecular complexity index is 600. The Morgan fingerprint density at radius 1 is 1.50 bits per heavy atom. The van der Waals surface area contributed by atoms with Gasteiger partial charge in [-0.15, -0.1) is 0 Å². The maximum atomic E-state index is 14.0. The van der Waals surface area contributed by atoms with Crippen LogP contribution in [0.5, 0.6) is 5.75 Å². The molecule has 0 aliphatic carbocycles. The monoisotopic (exact) mass is 297 g/mol. The Hall–Kier alpha value is -1.59. The van der Waals surface area contributed by atoms with Crippen molar-refractivity contribution in [1.82, 2.24) is 9.78 Å². The minimum absolute atomic E-state index is 0.327. The Labute approximate surface area is 122 Å². The van der Waals surface area contributed by atoms with Crippen LogP contribution in [0.2, 0.25) is 5.02 Å². The van der Waals surface area contributed by atoms with E-state index in [1.807, 2.05) is 6.92 Å². The van der Waals surface area contributed by atoms with Crippen molar-refractivity contribution in [3.8, 4) is 5.75 Å². The van der Waals surface area contributed by atoms with Gasteiger partial charge in [0, 0.05) is 17.1 Å². The highest BCUT2D eigenvalue weighted by molar-refractivity contribution is 6.30. The molecule has 0 aliphatic heterocycles. The maximum Gasteiger partial charge on any atom is 0.161 e. The normalized spacial score (nSPS) is 12.4. The number of ether oxygens (including phenoxy) is 1. The van der Waals surface area contributed by atoms with E-state index in [4.69, 9.17) is 22.1 Å². The van der Waals surface area contributed by atoms with Crippen LogP contribution in [0.15, 0.2) is 24.4 Å². The number of hydrogen-bond acceptors (Lipinski definition) is 3. The van der Waals surface area contributed by atoms with Gasteiger partial charge in [-0.05, 0) is 24.6 Å². The van der Waals surface area contributed by atoms with Crippen molar-refractivity contribution in [2.75, 3.05) is 7.11 Å². The van der Waals surface area contributed by atoms with Gasteiger partial charge < -0.3 is 10.5 Å². The summed E-state index contributed by atoms with van der Waals surface area (Å²) in [6.07, 6.45) is 2.48. The number of halogens is 2. The molecule has 1 unspecified atom stereocenters. The van der Waals surface area contributed by atoms with Crippen molar-refractivity contribution in [2.45, 2.75) is 25.9 Å². The molecule has 0 saturated heterocycles. The lowest BCUT2D eigenvalue weighted by Crippen LogP contribution is -2.19. The molecule has 0 bridgehead atoms. The zero-order valence-electron chi connectivity index (χ0n) is 11.4. The molecule has 0 saturated carbocycles. The van der Waals surface area contributed by atoms with Crippen LogP contribution in [-0.2, 0) is 6.54 Å². The van der Waals surface area contributed by atoms with Gasteiger partial charge in [-0.25, -0.2) is 4.39 Å². The first-order valence-electron chi connectivity index (χ1n) is 6.38. The zero-order chi connectivity index (χ0) is 14.7. The molecule has 2 N–H and O–H groups in total. The molecule has 0 spiro atoms. The van der Waals surface area contributed by atoms with Gasteiger partial charge >= 0.3 is 0 Å². The first kappa shape index (κ1) is 14.8. The van der Waals surface area contributed by atoms with Crippen molar-refractivity contribution >= 4 is 11.6 Å². The van der Waals surface area contributed by atoms with Gasteiger partial charge in [-0.1, -0.05) is 18.5 Å². The van der Waals surface area contributed by atoms with Crippen LogP contribution in [0.3, 0.4) is 0 Å². The lowest BCUT2D eigenvalue weighted by atomic mass is 10.0. The van der Waals surface area contributed by atoms with Crippen LogP contribution in [0.25, 0.3) is 0 Å². The van der Waals surface area contributed by atoms with Gasteiger partial charge in [-0.3, -0.25) is 4.68 Å². The van der Waals surface area contributed by atoms with Gasteiger partial charge in [0.05, 0.1) is 19.3 Å². The van der Waals surface area contributed by atoms with Crippen LogP contribution in [0, 0.1) is 5.82 Å². The molecule has 108 valence electrons. The van der Waals surface area contributed by atoms with E-state index in [1.165, 1.54) is 25.3 Å². The van der Waals surface area contributed by atoms with E-state index in [9.17, 15) is 4.39 Å². The van der Waals surface area contributed by atoms with Crippen LogP contribution >= 0.6 is 11.6 Å². The number of aryl methyl sites for hydroxylation is 1. The lowest BCUT2D eigenvalue weighted by Gasteiger charge is -2.17. The Morgan fingerprint density at radius 2 is 2.25 bits per heavy atom. The molecule has 1 heterocycles. The summed E-state index contributed by atoms with van der Waals surface area (Å²) in [5.74, 6) is 0.151. The number of aromatic nitrogens is 2. The van der Waals surface area contributed by atoms with Crippen molar-refractivity contribution < 1.29 is 9.13 Å². The second-order valence-electron chi connectivity index (χ2n) is 4.46. The van der Waals surface area contributed by atoms with Crippen molar-refractivity contribution in [3.63, 3.8) is 0 Å². The van der Waals surface area contributed by atoms with Gasteiger partial charge in [0.1, 0.15) is 11.5 Å². The minimum Gasteiger partial charge on any atom is -0.493 e. The second kappa shape index (κ2) is 6.24.